The third-order valence-electron chi connectivity index (χ3n) is 4.39. The zero-order valence-corrected chi connectivity index (χ0v) is 15.7. The van der Waals surface area contributed by atoms with Gasteiger partial charge in [0.2, 0.25) is 0 Å². The lowest BCUT2D eigenvalue weighted by Gasteiger charge is -2.28. The van der Waals surface area contributed by atoms with E-state index in [1.54, 1.807) is 11.9 Å². The highest BCUT2D eigenvalue weighted by Gasteiger charge is 2.14. The number of benzene rings is 1. The van der Waals surface area contributed by atoms with Crippen LogP contribution in [0.3, 0.4) is 0 Å². The second-order valence-corrected chi connectivity index (χ2v) is 6.75. The Morgan fingerprint density at radius 1 is 1.27 bits per heavy atom. The molecule has 0 spiro atoms. The van der Waals surface area contributed by atoms with E-state index in [0.29, 0.717) is 23.9 Å². The van der Waals surface area contributed by atoms with Crippen molar-refractivity contribution in [2.24, 2.45) is 0 Å². The van der Waals surface area contributed by atoms with Crippen molar-refractivity contribution in [2.75, 3.05) is 46.4 Å². The van der Waals surface area contributed by atoms with Crippen molar-refractivity contribution in [1.29, 1.82) is 0 Å². The summed E-state index contributed by atoms with van der Waals surface area (Å²) in [4.78, 5) is 16.2. The summed E-state index contributed by atoms with van der Waals surface area (Å²) >= 11 is 6.01. The molecule has 1 aliphatic heterocycles. The minimum Gasteiger partial charge on any atom is -0.459 e. The van der Waals surface area contributed by atoms with Gasteiger partial charge in [-0.2, -0.15) is 0 Å². The zero-order chi connectivity index (χ0) is 18.4. The molecule has 2 aromatic rings. The molecule has 140 valence electrons. The third-order valence-corrected chi connectivity index (χ3v) is 4.62. The number of likely N-dealkylation sites (N-methyl/N-ethyl adjacent to an activating group) is 1. The second kappa shape index (κ2) is 9.07. The van der Waals surface area contributed by atoms with Gasteiger partial charge < -0.3 is 19.4 Å². The number of ether oxygens (including phenoxy) is 1. The standard InChI is InChI=1S/C19H24ClN3O3/c1-22(7-8-23-9-11-25-12-10-23)19(24)21-14-17-5-6-18(26-17)15-3-2-4-16(20)13-15/h2-6,13H,7-12,14H2,1H3,(H,21,24). The number of hydrogen-bond acceptors (Lipinski definition) is 4. The molecule has 6 nitrogen and oxygen atoms in total. The van der Waals surface area contributed by atoms with Gasteiger partial charge in [-0.05, 0) is 24.3 Å². The van der Waals surface area contributed by atoms with Crippen LogP contribution in [0.4, 0.5) is 4.79 Å². The highest BCUT2D eigenvalue weighted by atomic mass is 35.5. The van der Waals surface area contributed by atoms with Crippen molar-refractivity contribution in [3.05, 3.63) is 47.2 Å². The monoisotopic (exact) mass is 377 g/mol. The Labute approximate surface area is 158 Å². The molecule has 0 bridgehead atoms. The van der Waals surface area contributed by atoms with Crippen LogP contribution in [0.2, 0.25) is 5.02 Å². The second-order valence-electron chi connectivity index (χ2n) is 6.31. The lowest BCUT2D eigenvalue weighted by Crippen LogP contribution is -2.44. The number of nitrogens with zero attached hydrogens (tertiary/aromatic N) is 2. The number of furan rings is 1. The van der Waals surface area contributed by atoms with Crippen molar-refractivity contribution in [1.82, 2.24) is 15.1 Å². The van der Waals surface area contributed by atoms with Gasteiger partial charge in [-0.3, -0.25) is 4.90 Å². The van der Waals surface area contributed by atoms with E-state index in [4.69, 9.17) is 20.8 Å². The van der Waals surface area contributed by atoms with Crippen LogP contribution < -0.4 is 5.32 Å². The Bertz CT molecular complexity index is 728. The smallest absolute Gasteiger partial charge is 0.317 e. The number of amides is 2. The van der Waals surface area contributed by atoms with Gasteiger partial charge >= 0.3 is 6.03 Å². The first kappa shape index (κ1) is 18.8. The maximum Gasteiger partial charge on any atom is 0.317 e. The molecule has 0 unspecified atom stereocenters. The third kappa shape index (κ3) is 5.24. The van der Waals surface area contributed by atoms with Crippen LogP contribution >= 0.6 is 11.6 Å². The maximum atomic E-state index is 12.2. The average Bonchev–Trinajstić information content (AvgIpc) is 3.14. The topological polar surface area (TPSA) is 58.0 Å². The van der Waals surface area contributed by atoms with Crippen LogP contribution in [0.5, 0.6) is 0 Å². The minimum atomic E-state index is -0.112. The Morgan fingerprint density at radius 2 is 2.08 bits per heavy atom. The number of hydrogen-bond donors (Lipinski definition) is 1. The van der Waals surface area contributed by atoms with Gasteiger partial charge in [0.05, 0.1) is 19.8 Å². The van der Waals surface area contributed by atoms with Crippen LogP contribution in [-0.4, -0.2) is 62.3 Å². The van der Waals surface area contributed by atoms with Gasteiger partial charge in [0, 0.05) is 43.8 Å². The quantitative estimate of drug-likeness (QED) is 0.840. The normalized spacial score (nSPS) is 15.0. The molecule has 3 rings (SSSR count). The lowest BCUT2D eigenvalue weighted by molar-refractivity contribution is 0.0357. The molecule has 0 aliphatic carbocycles. The Kier molecular flexibility index (Phi) is 6.55. The highest BCUT2D eigenvalue weighted by Crippen LogP contribution is 2.24. The molecule has 2 amide bonds. The van der Waals surface area contributed by atoms with Crippen molar-refractivity contribution in [3.63, 3.8) is 0 Å². The number of rotatable bonds is 6. The predicted molar refractivity (Wildman–Crippen MR) is 101 cm³/mol. The van der Waals surface area contributed by atoms with E-state index in [1.807, 2.05) is 36.4 Å². The van der Waals surface area contributed by atoms with Gasteiger partial charge in [0.15, 0.2) is 0 Å². The number of carbonyl (C=O) groups is 1. The van der Waals surface area contributed by atoms with Crippen LogP contribution in [0.15, 0.2) is 40.8 Å². The summed E-state index contributed by atoms with van der Waals surface area (Å²) in [6.45, 7) is 5.26. The van der Waals surface area contributed by atoms with Crippen molar-refractivity contribution in [2.45, 2.75) is 6.54 Å². The first-order valence-corrected chi connectivity index (χ1v) is 9.13. The van der Waals surface area contributed by atoms with Crippen molar-refractivity contribution < 1.29 is 13.9 Å². The molecular weight excluding hydrogens is 354 g/mol. The van der Waals surface area contributed by atoms with E-state index in [2.05, 4.69) is 10.2 Å². The molecule has 2 heterocycles. The summed E-state index contributed by atoms with van der Waals surface area (Å²) in [5, 5.41) is 3.55. The largest absolute Gasteiger partial charge is 0.459 e. The molecule has 0 radical (unpaired) electrons. The van der Waals surface area contributed by atoms with E-state index in [1.165, 1.54) is 0 Å². The number of halogens is 1. The number of carbonyl (C=O) groups excluding carboxylic acids is 1. The lowest BCUT2D eigenvalue weighted by atomic mass is 10.2. The maximum absolute atomic E-state index is 12.2. The highest BCUT2D eigenvalue weighted by molar-refractivity contribution is 6.30. The summed E-state index contributed by atoms with van der Waals surface area (Å²) in [5.41, 5.74) is 0.915. The molecule has 1 aromatic carbocycles. The Morgan fingerprint density at radius 3 is 2.85 bits per heavy atom. The molecule has 1 aromatic heterocycles. The first-order valence-electron chi connectivity index (χ1n) is 8.75. The van der Waals surface area contributed by atoms with Gasteiger partial charge in [0.25, 0.3) is 0 Å². The van der Waals surface area contributed by atoms with Gasteiger partial charge in [-0.15, -0.1) is 0 Å². The molecule has 1 aliphatic rings. The molecule has 0 saturated carbocycles. The predicted octanol–water partition coefficient (Wildman–Crippen LogP) is 3.07. The fourth-order valence-corrected chi connectivity index (χ4v) is 2.98. The molecule has 7 heteroatoms. The van der Waals surface area contributed by atoms with E-state index in [9.17, 15) is 4.79 Å². The fraction of sp³-hybridized carbons (Fsp3) is 0.421. The van der Waals surface area contributed by atoms with Crippen molar-refractivity contribution >= 4 is 17.6 Å². The molecule has 26 heavy (non-hydrogen) atoms. The number of nitrogens with one attached hydrogen (secondary N) is 1. The summed E-state index contributed by atoms with van der Waals surface area (Å²) < 4.78 is 11.1. The molecule has 1 N–H and O–H groups in total. The average molecular weight is 378 g/mol. The molecule has 1 fully saturated rings. The van der Waals surface area contributed by atoms with Crippen LogP contribution in [-0.2, 0) is 11.3 Å². The van der Waals surface area contributed by atoms with E-state index < -0.39 is 0 Å². The SMILES string of the molecule is CN(CCN1CCOCC1)C(=O)NCc1ccc(-c2cccc(Cl)c2)o1. The number of morpholine rings is 1. The Hall–Kier alpha value is -2.02. The van der Waals surface area contributed by atoms with E-state index >= 15 is 0 Å². The van der Waals surface area contributed by atoms with Gasteiger partial charge in [0.1, 0.15) is 11.5 Å². The summed E-state index contributed by atoms with van der Waals surface area (Å²) in [6, 6.07) is 11.1. The van der Waals surface area contributed by atoms with Crippen LogP contribution in [0.1, 0.15) is 5.76 Å². The minimum absolute atomic E-state index is 0.112. The molecular formula is C19H24ClN3O3. The van der Waals surface area contributed by atoms with Gasteiger partial charge in [-0.25, -0.2) is 4.79 Å². The molecule has 1 saturated heterocycles. The van der Waals surface area contributed by atoms with Crippen molar-refractivity contribution in [3.8, 4) is 11.3 Å². The van der Waals surface area contributed by atoms with E-state index in [0.717, 1.165) is 44.2 Å². The number of urea groups is 1. The fourth-order valence-electron chi connectivity index (χ4n) is 2.79. The van der Waals surface area contributed by atoms with Crippen LogP contribution in [0, 0.1) is 0 Å². The summed E-state index contributed by atoms with van der Waals surface area (Å²) in [6.07, 6.45) is 0. The summed E-state index contributed by atoms with van der Waals surface area (Å²) in [7, 11) is 1.80. The molecule has 0 atom stereocenters. The summed E-state index contributed by atoms with van der Waals surface area (Å²) in [5.74, 6) is 1.44. The zero-order valence-electron chi connectivity index (χ0n) is 14.9. The first-order chi connectivity index (χ1) is 12.6. The van der Waals surface area contributed by atoms with Gasteiger partial charge in [-0.1, -0.05) is 23.7 Å². The van der Waals surface area contributed by atoms with E-state index in [-0.39, 0.29) is 6.03 Å². The van der Waals surface area contributed by atoms with Crippen LogP contribution in [0.25, 0.3) is 11.3 Å². The Balaban J connectivity index is 1.45.